The Bertz CT molecular complexity index is 615. The average Bonchev–Trinajstić information content (AvgIpc) is 2.90. The normalized spacial score (nSPS) is 19.1. The van der Waals surface area contributed by atoms with Crippen molar-refractivity contribution in [1.29, 1.82) is 0 Å². The van der Waals surface area contributed by atoms with Crippen molar-refractivity contribution in [1.82, 2.24) is 9.38 Å². The van der Waals surface area contributed by atoms with E-state index < -0.39 is 0 Å². The first-order valence-electron chi connectivity index (χ1n) is 6.94. The van der Waals surface area contributed by atoms with Gasteiger partial charge in [0, 0.05) is 19.2 Å². The van der Waals surface area contributed by atoms with Crippen LogP contribution in [0.5, 0.6) is 0 Å². The highest BCUT2D eigenvalue weighted by Gasteiger charge is 2.17. The third kappa shape index (κ3) is 2.54. The number of pyridine rings is 1. The number of rotatable bonds is 3. The topological polar surface area (TPSA) is 52.8 Å². The number of esters is 1. The van der Waals surface area contributed by atoms with Gasteiger partial charge >= 0.3 is 5.97 Å². The van der Waals surface area contributed by atoms with E-state index in [9.17, 15) is 4.79 Å². The van der Waals surface area contributed by atoms with Gasteiger partial charge in [-0.3, -0.25) is 0 Å². The number of carbonyl (C=O) groups is 1. The van der Waals surface area contributed by atoms with Gasteiger partial charge < -0.3 is 13.9 Å². The van der Waals surface area contributed by atoms with Crippen molar-refractivity contribution in [3.8, 4) is 0 Å². The molecule has 20 heavy (non-hydrogen) atoms. The Kier molecular flexibility index (Phi) is 3.69. The number of aromatic nitrogens is 2. The van der Waals surface area contributed by atoms with Crippen LogP contribution in [0.15, 0.2) is 24.5 Å². The van der Waals surface area contributed by atoms with Gasteiger partial charge in [-0.25, -0.2) is 9.78 Å². The molecule has 0 saturated carbocycles. The van der Waals surface area contributed by atoms with Crippen LogP contribution >= 0.6 is 0 Å². The summed E-state index contributed by atoms with van der Waals surface area (Å²) in [5.74, 6) is 0.595. The molecule has 1 unspecified atom stereocenters. The van der Waals surface area contributed by atoms with Crippen LogP contribution in [0.3, 0.4) is 0 Å². The lowest BCUT2D eigenvalue weighted by Crippen LogP contribution is -2.22. The number of nitrogens with zero attached hydrogens (tertiary/aromatic N) is 2. The van der Waals surface area contributed by atoms with Gasteiger partial charge in [0.15, 0.2) is 0 Å². The van der Waals surface area contributed by atoms with Gasteiger partial charge in [0.2, 0.25) is 0 Å². The van der Waals surface area contributed by atoms with Gasteiger partial charge in [-0.15, -0.1) is 0 Å². The number of fused-ring (bicyclic) bond motifs is 1. The molecule has 1 aliphatic heterocycles. The molecule has 0 radical (unpaired) electrons. The fourth-order valence-electron chi connectivity index (χ4n) is 2.61. The van der Waals surface area contributed by atoms with Gasteiger partial charge in [0.25, 0.3) is 0 Å². The fourth-order valence-corrected chi connectivity index (χ4v) is 2.61. The van der Waals surface area contributed by atoms with Gasteiger partial charge in [-0.1, -0.05) is 0 Å². The fraction of sp³-hybridized carbons (Fsp3) is 0.467. The molecule has 0 amide bonds. The lowest BCUT2D eigenvalue weighted by atomic mass is 10.1. The molecule has 1 atom stereocenters. The van der Waals surface area contributed by atoms with Crippen molar-refractivity contribution >= 4 is 11.5 Å². The number of carbonyl (C=O) groups excluding carboxylic acids is 1. The Hall–Kier alpha value is -1.88. The molecule has 2 aromatic rings. The summed E-state index contributed by atoms with van der Waals surface area (Å²) in [6.45, 7) is 0.835. The summed E-state index contributed by atoms with van der Waals surface area (Å²) in [6.07, 6.45) is 8.04. The Morgan fingerprint density at radius 1 is 1.50 bits per heavy atom. The SMILES string of the molecule is COC(=O)c1ccc2cnc(CC3CCCCO3)n2c1. The zero-order valence-corrected chi connectivity index (χ0v) is 11.5. The summed E-state index contributed by atoms with van der Waals surface area (Å²) in [4.78, 5) is 16.0. The Balaban J connectivity index is 1.88. The van der Waals surface area contributed by atoms with Crippen molar-refractivity contribution < 1.29 is 14.3 Å². The summed E-state index contributed by atoms with van der Waals surface area (Å²) < 4.78 is 12.5. The second-order valence-corrected chi connectivity index (χ2v) is 5.07. The first kappa shape index (κ1) is 13.1. The Labute approximate surface area is 117 Å². The molecule has 5 nitrogen and oxygen atoms in total. The Morgan fingerprint density at radius 2 is 2.40 bits per heavy atom. The van der Waals surface area contributed by atoms with E-state index in [-0.39, 0.29) is 12.1 Å². The predicted octanol–water partition coefficient (Wildman–Crippen LogP) is 2.23. The molecule has 5 heteroatoms. The van der Waals surface area contributed by atoms with E-state index in [1.807, 2.05) is 16.7 Å². The summed E-state index contributed by atoms with van der Waals surface area (Å²) in [7, 11) is 1.39. The monoisotopic (exact) mass is 274 g/mol. The summed E-state index contributed by atoms with van der Waals surface area (Å²) in [6, 6.07) is 3.63. The molecule has 1 fully saturated rings. The number of ether oxygens (including phenoxy) is 2. The number of hydrogen-bond donors (Lipinski definition) is 0. The van der Waals surface area contributed by atoms with E-state index in [1.165, 1.54) is 13.5 Å². The van der Waals surface area contributed by atoms with Crippen LogP contribution in [0.2, 0.25) is 0 Å². The molecule has 1 saturated heterocycles. The molecule has 2 aromatic heterocycles. The van der Waals surface area contributed by atoms with Crippen LogP contribution in [0.1, 0.15) is 35.4 Å². The van der Waals surface area contributed by atoms with Gasteiger partial charge in [-0.05, 0) is 31.4 Å². The molecular weight excluding hydrogens is 256 g/mol. The smallest absolute Gasteiger partial charge is 0.339 e. The minimum absolute atomic E-state index is 0.233. The first-order chi connectivity index (χ1) is 9.78. The van der Waals surface area contributed by atoms with E-state index in [0.717, 1.165) is 37.2 Å². The van der Waals surface area contributed by atoms with E-state index in [0.29, 0.717) is 5.56 Å². The summed E-state index contributed by atoms with van der Waals surface area (Å²) >= 11 is 0. The third-order valence-electron chi connectivity index (χ3n) is 3.71. The molecule has 0 aliphatic carbocycles. The molecule has 0 bridgehead atoms. The molecular formula is C15H18N2O3. The maximum absolute atomic E-state index is 11.6. The second kappa shape index (κ2) is 5.63. The van der Waals surface area contributed by atoms with Crippen molar-refractivity contribution in [2.45, 2.75) is 31.8 Å². The van der Waals surface area contributed by atoms with Crippen molar-refractivity contribution in [2.24, 2.45) is 0 Å². The minimum atomic E-state index is -0.333. The van der Waals surface area contributed by atoms with E-state index in [2.05, 4.69) is 4.98 Å². The highest BCUT2D eigenvalue weighted by Crippen LogP contribution is 2.18. The second-order valence-electron chi connectivity index (χ2n) is 5.07. The number of imidazole rings is 1. The molecule has 0 N–H and O–H groups in total. The maximum atomic E-state index is 11.6. The van der Waals surface area contributed by atoms with Gasteiger partial charge in [-0.2, -0.15) is 0 Å². The minimum Gasteiger partial charge on any atom is -0.465 e. The van der Waals surface area contributed by atoms with E-state index in [4.69, 9.17) is 9.47 Å². The van der Waals surface area contributed by atoms with Crippen LogP contribution in [-0.2, 0) is 15.9 Å². The largest absolute Gasteiger partial charge is 0.465 e. The highest BCUT2D eigenvalue weighted by molar-refractivity contribution is 5.89. The standard InChI is InChI=1S/C15H18N2O3/c1-19-15(18)11-5-6-12-9-16-14(17(12)10-11)8-13-4-2-3-7-20-13/h5-6,9-10,13H,2-4,7-8H2,1H3. The lowest BCUT2D eigenvalue weighted by Gasteiger charge is -2.21. The first-order valence-corrected chi connectivity index (χ1v) is 6.94. The molecule has 0 spiro atoms. The number of hydrogen-bond acceptors (Lipinski definition) is 4. The van der Waals surface area contributed by atoms with Crippen LogP contribution in [0, 0.1) is 0 Å². The predicted molar refractivity (Wildman–Crippen MR) is 73.8 cm³/mol. The molecule has 0 aromatic carbocycles. The van der Waals surface area contributed by atoms with E-state index in [1.54, 1.807) is 12.3 Å². The number of methoxy groups -OCH3 is 1. The van der Waals surface area contributed by atoms with Crippen LogP contribution in [0.25, 0.3) is 5.52 Å². The third-order valence-corrected chi connectivity index (χ3v) is 3.71. The van der Waals surface area contributed by atoms with Crippen LogP contribution in [0.4, 0.5) is 0 Å². The van der Waals surface area contributed by atoms with Crippen molar-refractivity contribution in [2.75, 3.05) is 13.7 Å². The van der Waals surface area contributed by atoms with E-state index >= 15 is 0 Å². The average molecular weight is 274 g/mol. The molecule has 1 aliphatic rings. The Morgan fingerprint density at radius 3 is 3.15 bits per heavy atom. The quantitative estimate of drug-likeness (QED) is 0.805. The van der Waals surface area contributed by atoms with Gasteiger partial charge in [0.1, 0.15) is 5.82 Å². The zero-order valence-electron chi connectivity index (χ0n) is 11.5. The van der Waals surface area contributed by atoms with Crippen molar-refractivity contribution in [3.63, 3.8) is 0 Å². The van der Waals surface area contributed by atoms with Gasteiger partial charge in [0.05, 0.1) is 30.5 Å². The zero-order chi connectivity index (χ0) is 13.9. The summed E-state index contributed by atoms with van der Waals surface area (Å²) in [5.41, 5.74) is 1.51. The van der Waals surface area contributed by atoms with Crippen LogP contribution < -0.4 is 0 Å². The molecule has 3 rings (SSSR count). The maximum Gasteiger partial charge on any atom is 0.339 e. The molecule has 106 valence electrons. The summed E-state index contributed by atoms with van der Waals surface area (Å²) in [5, 5.41) is 0. The highest BCUT2D eigenvalue weighted by atomic mass is 16.5. The van der Waals surface area contributed by atoms with Crippen LogP contribution in [-0.4, -0.2) is 35.2 Å². The molecule has 3 heterocycles. The van der Waals surface area contributed by atoms with Crippen molar-refractivity contribution in [3.05, 3.63) is 35.9 Å². The lowest BCUT2D eigenvalue weighted by molar-refractivity contribution is 0.0156.